The molecule has 0 aromatic rings. The number of carboxylic acid groups (broad SMARTS) is 1. The van der Waals surface area contributed by atoms with Crippen LogP contribution < -0.4 is 11.1 Å². The number of rotatable bonds is 6. The molecule has 0 heterocycles. The van der Waals surface area contributed by atoms with Crippen LogP contribution in [0.25, 0.3) is 0 Å². The number of carbonyl (C=O) groups is 2. The summed E-state index contributed by atoms with van der Waals surface area (Å²) in [6.07, 6.45) is 1.55. The highest BCUT2D eigenvalue weighted by molar-refractivity contribution is 5.72. The normalized spacial score (nSPS) is 12.1. The van der Waals surface area contributed by atoms with E-state index in [-0.39, 0.29) is 0 Å². The van der Waals surface area contributed by atoms with E-state index in [1.165, 1.54) is 0 Å². The second kappa shape index (κ2) is 5.67. The Kier molecular flexibility index (Phi) is 5.10. The van der Waals surface area contributed by atoms with Gasteiger partial charge in [-0.2, -0.15) is 0 Å². The van der Waals surface area contributed by atoms with Gasteiger partial charge >= 0.3 is 5.97 Å². The third kappa shape index (κ3) is 5.35. The zero-order chi connectivity index (χ0) is 8.69. The predicted molar refractivity (Wildman–Crippen MR) is 38.9 cm³/mol. The Morgan fingerprint density at radius 2 is 2.36 bits per heavy atom. The summed E-state index contributed by atoms with van der Waals surface area (Å²) in [7, 11) is 0. The first-order valence-corrected chi connectivity index (χ1v) is 3.34. The fourth-order valence-electron chi connectivity index (χ4n) is 0.606. The van der Waals surface area contributed by atoms with Crippen LogP contribution in [0, 0.1) is 0 Å². The number of nitrogens with one attached hydrogen (secondary N) is 1. The second-order valence-corrected chi connectivity index (χ2v) is 2.16. The number of amides is 1. The van der Waals surface area contributed by atoms with Crippen molar-refractivity contribution in [3.8, 4) is 0 Å². The molecule has 11 heavy (non-hydrogen) atoms. The molecule has 0 saturated carbocycles. The number of carbonyl (C=O) groups excluding carboxylic acids is 1. The molecule has 0 aliphatic carbocycles. The molecule has 0 unspecified atom stereocenters. The van der Waals surface area contributed by atoms with Gasteiger partial charge < -0.3 is 16.2 Å². The molecule has 0 aromatic carbocycles. The van der Waals surface area contributed by atoms with E-state index in [1.807, 2.05) is 0 Å². The number of aliphatic carboxylic acids is 1. The topological polar surface area (TPSA) is 92.4 Å². The summed E-state index contributed by atoms with van der Waals surface area (Å²) < 4.78 is 0. The first-order chi connectivity index (χ1) is 5.18. The number of carboxylic acids is 1. The van der Waals surface area contributed by atoms with Crippen LogP contribution in [-0.2, 0) is 9.59 Å². The summed E-state index contributed by atoms with van der Waals surface area (Å²) in [6, 6.07) is -0.816. The minimum atomic E-state index is -1.00. The summed E-state index contributed by atoms with van der Waals surface area (Å²) >= 11 is 0. The van der Waals surface area contributed by atoms with Crippen molar-refractivity contribution in [2.45, 2.75) is 18.9 Å². The molecule has 0 spiro atoms. The Morgan fingerprint density at radius 3 is 2.82 bits per heavy atom. The van der Waals surface area contributed by atoms with Crippen molar-refractivity contribution in [1.82, 2.24) is 5.32 Å². The maximum absolute atomic E-state index is 10.1. The summed E-state index contributed by atoms with van der Waals surface area (Å²) in [5.74, 6) is -1.00. The largest absolute Gasteiger partial charge is 0.480 e. The molecule has 0 aliphatic rings. The van der Waals surface area contributed by atoms with E-state index in [4.69, 9.17) is 10.8 Å². The Morgan fingerprint density at radius 1 is 1.73 bits per heavy atom. The lowest BCUT2D eigenvalue weighted by atomic mass is 10.2. The summed E-state index contributed by atoms with van der Waals surface area (Å²) in [5.41, 5.74) is 5.18. The van der Waals surface area contributed by atoms with Crippen LogP contribution in [0.15, 0.2) is 0 Å². The van der Waals surface area contributed by atoms with E-state index in [9.17, 15) is 9.59 Å². The molecule has 0 bridgehead atoms. The smallest absolute Gasteiger partial charge is 0.320 e. The molecular formula is C6H12N2O3. The van der Waals surface area contributed by atoms with E-state index >= 15 is 0 Å². The van der Waals surface area contributed by atoms with Gasteiger partial charge in [-0.25, -0.2) is 0 Å². The summed E-state index contributed by atoms with van der Waals surface area (Å²) in [6.45, 7) is 0.477. The lowest BCUT2D eigenvalue weighted by molar-refractivity contribution is -0.138. The molecule has 0 radical (unpaired) electrons. The average molecular weight is 160 g/mol. The first-order valence-electron chi connectivity index (χ1n) is 3.34. The van der Waals surface area contributed by atoms with Crippen LogP contribution >= 0.6 is 0 Å². The van der Waals surface area contributed by atoms with Crippen LogP contribution in [0.5, 0.6) is 0 Å². The lowest BCUT2D eigenvalue weighted by Gasteiger charge is -2.04. The first kappa shape index (κ1) is 9.90. The van der Waals surface area contributed by atoms with E-state index in [0.29, 0.717) is 25.8 Å². The van der Waals surface area contributed by atoms with Gasteiger partial charge in [-0.15, -0.1) is 0 Å². The van der Waals surface area contributed by atoms with Gasteiger partial charge in [0.15, 0.2) is 0 Å². The summed E-state index contributed by atoms with van der Waals surface area (Å²) in [4.78, 5) is 19.9. The van der Waals surface area contributed by atoms with Gasteiger partial charge in [0.1, 0.15) is 6.04 Å². The summed E-state index contributed by atoms with van der Waals surface area (Å²) in [5, 5.41) is 10.7. The third-order valence-corrected chi connectivity index (χ3v) is 1.24. The van der Waals surface area contributed by atoms with E-state index in [2.05, 4.69) is 5.32 Å². The third-order valence-electron chi connectivity index (χ3n) is 1.24. The Hall–Kier alpha value is -1.10. The van der Waals surface area contributed by atoms with Gasteiger partial charge in [0, 0.05) is 6.54 Å². The Balaban J connectivity index is 3.24. The zero-order valence-electron chi connectivity index (χ0n) is 6.12. The standard InChI is InChI=1S/C6H12N2O3/c7-5(6(10)11)2-1-3-8-4-9/h4-5H,1-3,7H2,(H,8,9)(H,10,11)/t5-/m1/s1. The van der Waals surface area contributed by atoms with Crippen LogP contribution in [0.4, 0.5) is 0 Å². The number of hydrogen-bond acceptors (Lipinski definition) is 3. The quantitative estimate of drug-likeness (QED) is 0.340. The number of hydrogen-bond donors (Lipinski definition) is 3. The van der Waals surface area contributed by atoms with Gasteiger partial charge in [0.05, 0.1) is 0 Å². The molecular weight excluding hydrogens is 148 g/mol. The SMILES string of the molecule is N[C@H](CCCNC=O)C(=O)O. The highest BCUT2D eigenvalue weighted by Crippen LogP contribution is 1.92. The molecule has 1 atom stereocenters. The van der Waals surface area contributed by atoms with Gasteiger partial charge in [-0.3, -0.25) is 9.59 Å². The van der Waals surface area contributed by atoms with Crippen molar-refractivity contribution in [2.24, 2.45) is 5.73 Å². The monoisotopic (exact) mass is 160 g/mol. The van der Waals surface area contributed by atoms with Gasteiger partial charge in [0.25, 0.3) is 0 Å². The molecule has 64 valence electrons. The maximum Gasteiger partial charge on any atom is 0.320 e. The van der Waals surface area contributed by atoms with Crippen LogP contribution in [-0.4, -0.2) is 30.1 Å². The lowest BCUT2D eigenvalue weighted by Crippen LogP contribution is -2.30. The van der Waals surface area contributed by atoms with Crippen molar-refractivity contribution in [3.63, 3.8) is 0 Å². The van der Waals surface area contributed by atoms with E-state index < -0.39 is 12.0 Å². The second-order valence-electron chi connectivity index (χ2n) is 2.16. The van der Waals surface area contributed by atoms with Crippen molar-refractivity contribution in [1.29, 1.82) is 0 Å². The molecule has 0 rings (SSSR count). The van der Waals surface area contributed by atoms with Crippen LogP contribution in [0.3, 0.4) is 0 Å². The van der Waals surface area contributed by atoms with Crippen molar-refractivity contribution in [3.05, 3.63) is 0 Å². The molecule has 0 aromatic heterocycles. The van der Waals surface area contributed by atoms with Gasteiger partial charge in [0.2, 0.25) is 6.41 Å². The van der Waals surface area contributed by atoms with Crippen LogP contribution in [0.1, 0.15) is 12.8 Å². The molecule has 5 nitrogen and oxygen atoms in total. The van der Waals surface area contributed by atoms with Crippen LogP contribution in [0.2, 0.25) is 0 Å². The molecule has 4 N–H and O–H groups in total. The predicted octanol–water partition coefficient (Wildman–Crippen LogP) is -1.08. The molecule has 5 heteroatoms. The minimum Gasteiger partial charge on any atom is -0.480 e. The van der Waals surface area contributed by atoms with Crippen molar-refractivity contribution in [2.75, 3.05) is 6.54 Å². The molecule has 0 aliphatic heterocycles. The fraction of sp³-hybridized carbons (Fsp3) is 0.667. The highest BCUT2D eigenvalue weighted by Gasteiger charge is 2.09. The Labute approximate surface area is 64.6 Å². The van der Waals surface area contributed by atoms with E-state index in [0.717, 1.165) is 0 Å². The Bertz CT molecular complexity index is 138. The van der Waals surface area contributed by atoms with E-state index in [1.54, 1.807) is 0 Å². The maximum atomic E-state index is 10.1. The van der Waals surface area contributed by atoms with Crippen molar-refractivity contribution >= 4 is 12.4 Å². The number of nitrogens with two attached hydrogens (primary N) is 1. The van der Waals surface area contributed by atoms with Gasteiger partial charge in [-0.1, -0.05) is 0 Å². The molecule has 0 saturated heterocycles. The van der Waals surface area contributed by atoms with Gasteiger partial charge in [-0.05, 0) is 12.8 Å². The average Bonchev–Trinajstić information content (AvgIpc) is 1.97. The zero-order valence-corrected chi connectivity index (χ0v) is 6.12. The molecule has 1 amide bonds. The minimum absolute atomic E-state index is 0.385. The van der Waals surface area contributed by atoms with Crippen molar-refractivity contribution < 1.29 is 14.7 Å². The molecule has 0 fully saturated rings. The fourth-order valence-corrected chi connectivity index (χ4v) is 0.606. The highest BCUT2D eigenvalue weighted by atomic mass is 16.4.